The molecule has 0 bridgehead atoms. The van der Waals surface area contributed by atoms with Gasteiger partial charge in [0, 0.05) is 37.8 Å². The maximum atomic E-state index is 13.0. The number of nitrogens with one attached hydrogen (secondary N) is 1. The zero-order valence-corrected chi connectivity index (χ0v) is 19.9. The monoisotopic (exact) mass is 448 g/mol. The summed E-state index contributed by atoms with van der Waals surface area (Å²) >= 11 is 0. The molecule has 1 aliphatic carbocycles. The van der Waals surface area contributed by atoms with E-state index in [2.05, 4.69) is 15.1 Å². The van der Waals surface area contributed by atoms with E-state index in [1.54, 1.807) is 0 Å². The van der Waals surface area contributed by atoms with Crippen LogP contribution in [0.25, 0.3) is 0 Å². The van der Waals surface area contributed by atoms with Gasteiger partial charge < -0.3 is 9.64 Å². The second-order valence-corrected chi connectivity index (χ2v) is 9.00. The van der Waals surface area contributed by atoms with Gasteiger partial charge in [0.15, 0.2) is 0 Å². The molecule has 6 heteroatoms. The van der Waals surface area contributed by atoms with Gasteiger partial charge in [-0.3, -0.25) is 15.0 Å². The molecular formula is C27H36N4O2. The second-order valence-electron chi connectivity index (χ2n) is 9.00. The van der Waals surface area contributed by atoms with Crippen molar-refractivity contribution in [3.05, 3.63) is 59.7 Å². The van der Waals surface area contributed by atoms with Crippen LogP contribution in [0.15, 0.2) is 53.5 Å². The number of rotatable bonds is 5. The van der Waals surface area contributed by atoms with E-state index in [0.717, 1.165) is 43.2 Å². The number of carbonyl (C=O) groups excluding carboxylic acids is 1. The fourth-order valence-electron chi connectivity index (χ4n) is 4.79. The average molecular weight is 449 g/mol. The zero-order valence-electron chi connectivity index (χ0n) is 19.9. The summed E-state index contributed by atoms with van der Waals surface area (Å²) in [6.45, 7) is 8.33. The van der Waals surface area contributed by atoms with Gasteiger partial charge in [-0.25, -0.2) is 4.99 Å². The standard InChI is InChI=1S/C27H36N4O2/c1-3-33-25-14-12-23(13-15-25)28-27(29-26(32)22-9-7-8-21(2)20-22)31-18-16-30(17-19-31)24-10-5-4-6-11-24/h7-9,12-15,20,24H,3-6,10-11,16-19H2,1-2H3,(H,28,29,32). The molecule has 2 fully saturated rings. The SMILES string of the molecule is CCOc1ccc(N=C(NC(=O)c2cccc(C)c2)N2CCN(C3CCCCC3)CC2)cc1. The van der Waals surface area contributed by atoms with Crippen LogP contribution in [0.2, 0.25) is 0 Å². The Bertz CT molecular complexity index is 943. The Hall–Kier alpha value is -2.86. The van der Waals surface area contributed by atoms with Crippen molar-refractivity contribution in [2.24, 2.45) is 4.99 Å². The summed E-state index contributed by atoms with van der Waals surface area (Å²) in [5, 5.41) is 3.10. The average Bonchev–Trinajstić information content (AvgIpc) is 2.85. The number of carbonyl (C=O) groups is 1. The van der Waals surface area contributed by atoms with Crippen LogP contribution in [0.5, 0.6) is 5.75 Å². The smallest absolute Gasteiger partial charge is 0.257 e. The van der Waals surface area contributed by atoms with Gasteiger partial charge in [-0.15, -0.1) is 0 Å². The summed E-state index contributed by atoms with van der Waals surface area (Å²) in [5.74, 6) is 1.31. The Morgan fingerprint density at radius 1 is 1.03 bits per heavy atom. The highest BCUT2D eigenvalue weighted by Crippen LogP contribution is 2.24. The fourth-order valence-corrected chi connectivity index (χ4v) is 4.79. The summed E-state index contributed by atoms with van der Waals surface area (Å²) < 4.78 is 5.55. The number of piperazine rings is 1. The minimum Gasteiger partial charge on any atom is -0.494 e. The minimum atomic E-state index is -0.127. The number of benzene rings is 2. The number of aryl methyl sites for hydroxylation is 1. The van der Waals surface area contributed by atoms with Crippen molar-refractivity contribution in [2.75, 3.05) is 32.8 Å². The summed E-state index contributed by atoms with van der Waals surface area (Å²) in [6.07, 6.45) is 6.71. The Morgan fingerprint density at radius 3 is 2.42 bits per heavy atom. The van der Waals surface area contributed by atoms with Crippen LogP contribution < -0.4 is 10.1 Å². The van der Waals surface area contributed by atoms with Gasteiger partial charge in [-0.2, -0.15) is 0 Å². The van der Waals surface area contributed by atoms with E-state index < -0.39 is 0 Å². The molecule has 0 aromatic heterocycles. The van der Waals surface area contributed by atoms with Crippen LogP contribution in [-0.4, -0.2) is 60.5 Å². The Morgan fingerprint density at radius 2 is 1.76 bits per heavy atom. The van der Waals surface area contributed by atoms with Gasteiger partial charge in [0.05, 0.1) is 12.3 Å². The lowest BCUT2D eigenvalue weighted by Gasteiger charge is -2.41. The molecule has 0 radical (unpaired) electrons. The number of guanidine groups is 1. The molecule has 1 heterocycles. The summed E-state index contributed by atoms with van der Waals surface area (Å²) in [4.78, 5) is 22.7. The van der Waals surface area contributed by atoms with E-state index in [0.29, 0.717) is 24.2 Å². The zero-order chi connectivity index (χ0) is 23.0. The van der Waals surface area contributed by atoms with Crippen molar-refractivity contribution in [3.8, 4) is 5.75 Å². The van der Waals surface area contributed by atoms with E-state index in [1.165, 1.54) is 32.1 Å². The largest absolute Gasteiger partial charge is 0.494 e. The molecule has 1 amide bonds. The molecule has 2 aliphatic rings. The van der Waals surface area contributed by atoms with E-state index in [1.807, 2.05) is 62.4 Å². The van der Waals surface area contributed by atoms with Crippen LogP contribution in [0.4, 0.5) is 5.69 Å². The maximum absolute atomic E-state index is 13.0. The molecule has 0 unspecified atom stereocenters. The number of ether oxygens (including phenoxy) is 1. The molecule has 176 valence electrons. The third-order valence-electron chi connectivity index (χ3n) is 6.59. The summed E-state index contributed by atoms with van der Waals surface area (Å²) in [5.41, 5.74) is 2.51. The van der Waals surface area contributed by atoms with E-state index in [9.17, 15) is 4.79 Å². The van der Waals surface area contributed by atoms with Gasteiger partial charge in [-0.05, 0) is 63.1 Å². The number of hydrogen-bond donors (Lipinski definition) is 1. The third kappa shape index (κ3) is 6.35. The lowest BCUT2D eigenvalue weighted by atomic mass is 9.94. The molecule has 2 aromatic rings. The molecule has 1 aliphatic heterocycles. The Balaban J connectivity index is 1.50. The lowest BCUT2D eigenvalue weighted by Crippen LogP contribution is -2.55. The van der Waals surface area contributed by atoms with Crippen LogP contribution in [-0.2, 0) is 0 Å². The second kappa shape index (κ2) is 11.3. The van der Waals surface area contributed by atoms with Crippen LogP contribution in [0.1, 0.15) is 54.9 Å². The summed E-state index contributed by atoms with van der Waals surface area (Å²) in [6, 6.07) is 16.1. The third-order valence-corrected chi connectivity index (χ3v) is 6.59. The van der Waals surface area contributed by atoms with Crippen molar-refractivity contribution < 1.29 is 9.53 Å². The van der Waals surface area contributed by atoms with Gasteiger partial charge >= 0.3 is 0 Å². The molecule has 1 saturated carbocycles. The Kier molecular flexibility index (Phi) is 8.00. The molecule has 0 atom stereocenters. The first kappa shape index (κ1) is 23.3. The predicted octanol–water partition coefficient (Wildman–Crippen LogP) is 4.76. The van der Waals surface area contributed by atoms with Crippen molar-refractivity contribution in [3.63, 3.8) is 0 Å². The molecule has 1 saturated heterocycles. The maximum Gasteiger partial charge on any atom is 0.257 e. The molecule has 33 heavy (non-hydrogen) atoms. The molecule has 6 nitrogen and oxygen atoms in total. The topological polar surface area (TPSA) is 57.2 Å². The molecule has 2 aromatic carbocycles. The number of nitrogens with zero attached hydrogens (tertiary/aromatic N) is 3. The first-order valence-electron chi connectivity index (χ1n) is 12.3. The van der Waals surface area contributed by atoms with Crippen molar-refractivity contribution in [1.82, 2.24) is 15.1 Å². The van der Waals surface area contributed by atoms with E-state index >= 15 is 0 Å². The quantitative estimate of drug-likeness (QED) is 0.529. The van der Waals surface area contributed by atoms with Crippen molar-refractivity contribution in [2.45, 2.75) is 52.0 Å². The molecular weight excluding hydrogens is 412 g/mol. The fraction of sp³-hybridized carbons (Fsp3) is 0.481. The van der Waals surface area contributed by atoms with Gasteiger partial charge in [0.25, 0.3) is 5.91 Å². The highest BCUT2D eigenvalue weighted by atomic mass is 16.5. The predicted molar refractivity (Wildman–Crippen MR) is 133 cm³/mol. The molecule has 4 rings (SSSR count). The normalized spacial score (nSPS) is 18.2. The number of hydrogen-bond acceptors (Lipinski definition) is 4. The van der Waals surface area contributed by atoms with Crippen molar-refractivity contribution in [1.29, 1.82) is 0 Å². The molecule has 1 N–H and O–H groups in total. The summed E-state index contributed by atoms with van der Waals surface area (Å²) in [7, 11) is 0. The highest BCUT2D eigenvalue weighted by molar-refractivity contribution is 6.06. The highest BCUT2D eigenvalue weighted by Gasteiger charge is 2.27. The van der Waals surface area contributed by atoms with E-state index in [-0.39, 0.29) is 5.91 Å². The minimum absolute atomic E-state index is 0.127. The van der Waals surface area contributed by atoms with Crippen LogP contribution >= 0.6 is 0 Å². The first-order chi connectivity index (χ1) is 16.1. The lowest BCUT2D eigenvalue weighted by molar-refractivity contribution is 0.0943. The van der Waals surface area contributed by atoms with Gasteiger partial charge in [0.2, 0.25) is 5.96 Å². The van der Waals surface area contributed by atoms with Gasteiger partial charge in [-0.1, -0.05) is 37.0 Å². The number of amides is 1. The van der Waals surface area contributed by atoms with E-state index in [4.69, 9.17) is 9.73 Å². The van der Waals surface area contributed by atoms with Crippen LogP contribution in [0, 0.1) is 6.92 Å². The number of aliphatic imine (C=N–C) groups is 1. The molecule has 0 spiro atoms. The van der Waals surface area contributed by atoms with Crippen molar-refractivity contribution >= 4 is 17.6 Å². The van der Waals surface area contributed by atoms with Gasteiger partial charge in [0.1, 0.15) is 5.75 Å². The van der Waals surface area contributed by atoms with Crippen LogP contribution in [0.3, 0.4) is 0 Å². The first-order valence-corrected chi connectivity index (χ1v) is 12.3. The Labute approximate surface area is 197 Å².